The highest BCUT2D eigenvalue weighted by Crippen LogP contribution is 2.40. The van der Waals surface area contributed by atoms with Crippen molar-refractivity contribution in [3.05, 3.63) is 58.7 Å². The molecule has 0 bridgehead atoms. The van der Waals surface area contributed by atoms with Crippen molar-refractivity contribution in [2.45, 2.75) is 59.2 Å². The topological polar surface area (TPSA) is 20.3 Å². The molecule has 0 spiro atoms. The van der Waals surface area contributed by atoms with Crippen LogP contribution < -0.4 is 10.1 Å². The van der Waals surface area contributed by atoms with Crippen LogP contribution in [0, 0.1) is 20.8 Å². The molecule has 1 amide bonds. The minimum Gasteiger partial charge on any atom is -0.311 e. The molecule has 3 rings (SSSR count). The quantitative estimate of drug-likeness (QED) is 0.712. The molecule has 1 fully saturated rings. The van der Waals surface area contributed by atoms with E-state index in [4.69, 9.17) is 0 Å². The van der Waals surface area contributed by atoms with E-state index in [0.717, 1.165) is 24.2 Å². The van der Waals surface area contributed by atoms with Gasteiger partial charge in [-0.05, 0) is 50.8 Å². The minimum absolute atomic E-state index is 0.230. The summed E-state index contributed by atoms with van der Waals surface area (Å²) in [5.74, 6) is 0.230. The van der Waals surface area contributed by atoms with Crippen LogP contribution in [0.2, 0.25) is 19.6 Å². The summed E-state index contributed by atoms with van der Waals surface area (Å²) in [4.78, 5) is 15.4. The number of carbonyl (C=O) groups is 1. The first-order valence-corrected chi connectivity index (χ1v) is 13.0. The molecule has 0 N–H and O–H groups in total. The normalized spacial score (nSPS) is 20.7. The maximum atomic E-state index is 13.4. The third kappa shape index (κ3) is 3.14. The molecule has 2 aromatic rings. The Kier molecular flexibility index (Phi) is 4.64. The van der Waals surface area contributed by atoms with Crippen LogP contribution in [0.3, 0.4) is 0 Å². The summed E-state index contributed by atoms with van der Waals surface area (Å²) in [7, 11) is -1.32. The molecule has 1 aliphatic rings. The second-order valence-corrected chi connectivity index (χ2v) is 14.2. The second kappa shape index (κ2) is 6.38. The summed E-state index contributed by atoms with van der Waals surface area (Å²) in [5.41, 5.74) is 5.45. The van der Waals surface area contributed by atoms with Crippen LogP contribution in [-0.2, 0) is 10.2 Å². The molecule has 2 aromatic carbocycles. The van der Waals surface area contributed by atoms with E-state index in [0.29, 0.717) is 0 Å². The molecule has 1 aliphatic heterocycles. The fraction of sp³-hybridized carbons (Fsp3) is 0.435. The van der Waals surface area contributed by atoms with Gasteiger partial charge in [-0.25, -0.2) is 0 Å². The smallest absolute Gasteiger partial charge is 0.237 e. The largest absolute Gasteiger partial charge is 0.311 e. The lowest BCUT2D eigenvalue weighted by atomic mass is 9.81. The Labute approximate surface area is 159 Å². The van der Waals surface area contributed by atoms with Gasteiger partial charge in [-0.2, -0.15) is 0 Å². The molecule has 0 aliphatic carbocycles. The average molecular weight is 366 g/mol. The first-order valence-electron chi connectivity index (χ1n) is 9.55. The molecule has 1 atom stereocenters. The van der Waals surface area contributed by atoms with Crippen LogP contribution in [0.25, 0.3) is 0 Å². The molecule has 0 aromatic heterocycles. The van der Waals surface area contributed by atoms with Crippen molar-refractivity contribution in [1.29, 1.82) is 0 Å². The summed E-state index contributed by atoms with van der Waals surface area (Å²) in [6.45, 7) is 16.3. The molecule has 0 unspecified atom stereocenters. The predicted octanol–water partition coefficient (Wildman–Crippen LogP) is 4.85. The lowest BCUT2D eigenvalue weighted by molar-refractivity contribution is -0.121. The third-order valence-electron chi connectivity index (χ3n) is 5.85. The Morgan fingerprint density at radius 2 is 1.50 bits per heavy atom. The van der Waals surface area contributed by atoms with Gasteiger partial charge in [0.25, 0.3) is 0 Å². The van der Waals surface area contributed by atoms with Crippen LogP contribution in [-0.4, -0.2) is 20.5 Å². The average Bonchev–Trinajstić information content (AvgIpc) is 2.83. The minimum atomic E-state index is -1.32. The Morgan fingerprint density at radius 1 is 0.962 bits per heavy atom. The second-order valence-electron chi connectivity index (χ2n) is 9.11. The molecule has 0 radical (unpaired) electrons. The Balaban J connectivity index is 1.96. The van der Waals surface area contributed by atoms with Gasteiger partial charge in [-0.15, -0.1) is 0 Å². The van der Waals surface area contributed by atoms with E-state index in [1.165, 1.54) is 21.9 Å². The summed E-state index contributed by atoms with van der Waals surface area (Å²) < 4.78 is 0. The van der Waals surface area contributed by atoms with E-state index < -0.39 is 13.5 Å². The Hall–Kier alpha value is -1.87. The SMILES string of the molecule is Cc1cc(C)c(N2CC[C@@](C)(c3ccc([Si](C)(C)C)cc3)C2=O)c(C)c1. The fourth-order valence-electron chi connectivity index (χ4n) is 4.26. The summed E-state index contributed by atoms with van der Waals surface area (Å²) in [5, 5.41) is 1.44. The van der Waals surface area contributed by atoms with Crippen LogP contribution in [0.1, 0.15) is 35.6 Å². The predicted molar refractivity (Wildman–Crippen MR) is 114 cm³/mol. The van der Waals surface area contributed by atoms with Crippen molar-refractivity contribution < 1.29 is 4.79 Å². The van der Waals surface area contributed by atoms with Crippen LogP contribution >= 0.6 is 0 Å². The zero-order valence-electron chi connectivity index (χ0n) is 17.2. The van der Waals surface area contributed by atoms with Gasteiger partial charge in [0.05, 0.1) is 13.5 Å². The highest BCUT2D eigenvalue weighted by molar-refractivity contribution is 6.88. The van der Waals surface area contributed by atoms with Gasteiger partial charge < -0.3 is 4.90 Å². The molecule has 2 nitrogen and oxygen atoms in total. The molecule has 0 saturated carbocycles. The van der Waals surface area contributed by atoms with Crippen molar-refractivity contribution in [1.82, 2.24) is 0 Å². The number of aryl methyl sites for hydroxylation is 3. The van der Waals surface area contributed by atoms with Gasteiger partial charge in [0.1, 0.15) is 0 Å². The molecule has 3 heteroatoms. The molecular formula is C23H31NOSi. The number of rotatable bonds is 3. The highest BCUT2D eigenvalue weighted by Gasteiger charge is 2.45. The van der Waals surface area contributed by atoms with Gasteiger partial charge in [-0.3, -0.25) is 4.79 Å². The first-order chi connectivity index (χ1) is 12.0. The summed E-state index contributed by atoms with van der Waals surface area (Å²) in [6, 6.07) is 13.2. The highest BCUT2D eigenvalue weighted by atomic mass is 28.3. The summed E-state index contributed by atoms with van der Waals surface area (Å²) >= 11 is 0. The van der Waals surface area contributed by atoms with E-state index in [1.807, 2.05) is 4.90 Å². The lowest BCUT2D eigenvalue weighted by Gasteiger charge is -2.27. The van der Waals surface area contributed by atoms with Gasteiger partial charge in [-0.1, -0.05) is 66.8 Å². The zero-order valence-corrected chi connectivity index (χ0v) is 18.2. The van der Waals surface area contributed by atoms with Crippen molar-refractivity contribution >= 4 is 24.9 Å². The molecule has 1 heterocycles. The number of nitrogens with zero attached hydrogens (tertiary/aromatic N) is 1. The number of hydrogen-bond donors (Lipinski definition) is 0. The number of benzene rings is 2. The van der Waals surface area contributed by atoms with Crippen molar-refractivity contribution in [2.75, 3.05) is 11.4 Å². The van der Waals surface area contributed by atoms with Gasteiger partial charge in [0.2, 0.25) is 5.91 Å². The third-order valence-corrected chi connectivity index (χ3v) is 7.91. The maximum Gasteiger partial charge on any atom is 0.237 e. The number of hydrogen-bond acceptors (Lipinski definition) is 1. The van der Waals surface area contributed by atoms with E-state index in [9.17, 15) is 4.79 Å². The van der Waals surface area contributed by atoms with Gasteiger partial charge in [0, 0.05) is 12.2 Å². The van der Waals surface area contributed by atoms with Gasteiger partial charge in [0.15, 0.2) is 0 Å². The Bertz CT molecular complexity index is 824. The monoisotopic (exact) mass is 365 g/mol. The van der Waals surface area contributed by atoms with Crippen LogP contribution in [0.4, 0.5) is 5.69 Å². The maximum absolute atomic E-state index is 13.4. The first kappa shape index (κ1) is 18.9. The fourth-order valence-corrected chi connectivity index (χ4v) is 5.43. The van der Waals surface area contributed by atoms with E-state index in [-0.39, 0.29) is 5.91 Å². The number of carbonyl (C=O) groups excluding carboxylic acids is 1. The van der Waals surface area contributed by atoms with E-state index in [1.54, 1.807) is 0 Å². The van der Waals surface area contributed by atoms with Crippen LogP contribution in [0.5, 0.6) is 0 Å². The number of amides is 1. The number of anilines is 1. The van der Waals surface area contributed by atoms with E-state index >= 15 is 0 Å². The van der Waals surface area contributed by atoms with Gasteiger partial charge >= 0.3 is 0 Å². The molecule has 26 heavy (non-hydrogen) atoms. The van der Waals surface area contributed by atoms with Crippen molar-refractivity contribution in [3.8, 4) is 0 Å². The van der Waals surface area contributed by atoms with Crippen molar-refractivity contribution in [2.24, 2.45) is 0 Å². The van der Waals surface area contributed by atoms with Crippen molar-refractivity contribution in [3.63, 3.8) is 0 Å². The zero-order chi connectivity index (χ0) is 19.3. The summed E-state index contributed by atoms with van der Waals surface area (Å²) in [6.07, 6.45) is 0.866. The van der Waals surface area contributed by atoms with Crippen LogP contribution in [0.15, 0.2) is 36.4 Å². The van der Waals surface area contributed by atoms with E-state index in [2.05, 4.69) is 83.7 Å². The Morgan fingerprint density at radius 3 is 2.00 bits per heavy atom. The molecular weight excluding hydrogens is 334 g/mol. The standard InChI is InChI=1S/C23H31NOSi/c1-16-14-17(2)21(18(3)15-16)24-13-12-23(4,22(24)25)19-8-10-20(11-9-19)26(5,6)7/h8-11,14-15H,12-13H2,1-7H3/t23-/m0/s1. The lowest BCUT2D eigenvalue weighted by Crippen LogP contribution is -2.39. The molecule has 1 saturated heterocycles. The molecule has 138 valence electrons.